The van der Waals surface area contributed by atoms with E-state index in [-0.39, 0.29) is 0 Å². The molecule has 0 atom stereocenters. The van der Waals surface area contributed by atoms with Gasteiger partial charge >= 0.3 is 0 Å². The Balaban J connectivity index is 2.20. The van der Waals surface area contributed by atoms with E-state index in [1.165, 1.54) is 17.1 Å². The molecule has 1 saturated carbocycles. The van der Waals surface area contributed by atoms with Gasteiger partial charge in [-0.15, -0.1) is 0 Å². The van der Waals surface area contributed by atoms with Crippen molar-refractivity contribution < 1.29 is 8.42 Å². The quantitative estimate of drug-likeness (QED) is 0.841. The molecule has 0 aromatic heterocycles. The molecule has 0 saturated heterocycles. The van der Waals surface area contributed by atoms with E-state index in [9.17, 15) is 8.42 Å². The zero-order valence-electron chi connectivity index (χ0n) is 11.9. The van der Waals surface area contributed by atoms with Crippen molar-refractivity contribution in [2.24, 2.45) is 0 Å². The average molecular weight is 317 g/mol. The number of sulfonamides is 1. The van der Waals surface area contributed by atoms with Crippen LogP contribution < -0.4 is 5.32 Å². The summed E-state index contributed by atoms with van der Waals surface area (Å²) in [6.07, 6.45) is 3.17. The van der Waals surface area contributed by atoms with Crippen molar-refractivity contribution in [3.8, 4) is 0 Å². The van der Waals surface area contributed by atoms with E-state index in [0.717, 1.165) is 12.0 Å². The smallest absolute Gasteiger partial charge is 0.242 e. The fraction of sp³-hybridized carbons (Fsp3) is 0.571. The topological polar surface area (TPSA) is 49.4 Å². The highest BCUT2D eigenvalue weighted by Crippen LogP contribution is 2.24. The Kier molecular flexibility index (Phi) is 5.07. The number of hydrogen-bond acceptors (Lipinski definition) is 3. The average Bonchev–Trinajstić information content (AvgIpc) is 3.22. The highest BCUT2D eigenvalue weighted by molar-refractivity contribution is 7.89. The number of rotatable bonds is 7. The van der Waals surface area contributed by atoms with Crippen molar-refractivity contribution >= 4 is 21.6 Å². The van der Waals surface area contributed by atoms with Gasteiger partial charge in [-0.25, -0.2) is 12.7 Å². The van der Waals surface area contributed by atoms with Gasteiger partial charge in [0.25, 0.3) is 0 Å². The summed E-state index contributed by atoms with van der Waals surface area (Å²) >= 11 is 6.14. The third-order valence-electron chi connectivity index (χ3n) is 3.42. The second-order valence-electron chi connectivity index (χ2n) is 5.23. The maximum Gasteiger partial charge on any atom is 0.242 e. The van der Waals surface area contributed by atoms with Crippen LogP contribution in [-0.2, 0) is 16.6 Å². The van der Waals surface area contributed by atoms with Crippen molar-refractivity contribution in [3.63, 3.8) is 0 Å². The van der Waals surface area contributed by atoms with Crippen LogP contribution in [0.5, 0.6) is 0 Å². The SMILES string of the molecule is CCCN(C)S(=O)(=O)c1ccc(Cl)c(CNC2CC2)c1. The maximum absolute atomic E-state index is 12.4. The second kappa shape index (κ2) is 6.43. The summed E-state index contributed by atoms with van der Waals surface area (Å²) in [5.74, 6) is 0. The fourth-order valence-electron chi connectivity index (χ4n) is 2.00. The monoisotopic (exact) mass is 316 g/mol. The van der Waals surface area contributed by atoms with Gasteiger partial charge in [-0.2, -0.15) is 0 Å². The van der Waals surface area contributed by atoms with Gasteiger partial charge in [-0.1, -0.05) is 18.5 Å². The van der Waals surface area contributed by atoms with E-state index in [2.05, 4.69) is 5.32 Å². The van der Waals surface area contributed by atoms with E-state index in [1.54, 1.807) is 25.2 Å². The van der Waals surface area contributed by atoms with E-state index >= 15 is 0 Å². The third-order valence-corrected chi connectivity index (χ3v) is 5.64. The van der Waals surface area contributed by atoms with Crippen LogP contribution in [0.1, 0.15) is 31.7 Å². The Labute approximate surface area is 126 Å². The van der Waals surface area contributed by atoms with E-state index in [1.807, 2.05) is 6.92 Å². The lowest BCUT2D eigenvalue weighted by Gasteiger charge is -2.17. The highest BCUT2D eigenvalue weighted by Gasteiger charge is 2.23. The molecule has 1 aliphatic carbocycles. The fourth-order valence-corrected chi connectivity index (χ4v) is 3.50. The van der Waals surface area contributed by atoms with Crippen molar-refractivity contribution in [1.29, 1.82) is 0 Å². The first-order valence-electron chi connectivity index (χ1n) is 6.93. The molecule has 1 fully saturated rings. The predicted molar refractivity (Wildman–Crippen MR) is 81.4 cm³/mol. The Morgan fingerprint density at radius 2 is 2.10 bits per heavy atom. The molecule has 2 rings (SSSR count). The molecule has 0 amide bonds. The summed E-state index contributed by atoms with van der Waals surface area (Å²) in [5, 5.41) is 3.96. The molecular weight excluding hydrogens is 296 g/mol. The zero-order valence-corrected chi connectivity index (χ0v) is 13.5. The minimum absolute atomic E-state index is 0.311. The van der Waals surface area contributed by atoms with Crippen LogP contribution in [0.3, 0.4) is 0 Å². The van der Waals surface area contributed by atoms with Crippen LogP contribution in [0.25, 0.3) is 0 Å². The number of benzene rings is 1. The minimum Gasteiger partial charge on any atom is -0.310 e. The number of nitrogens with zero attached hydrogens (tertiary/aromatic N) is 1. The van der Waals surface area contributed by atoms with E-state index in [4.69, 9.17) is 11.6 Å². The van der Waals surface area contributed by atoms with Crippen molar-refractivity contribution in [1.82, 2.24) is 9.62 Å². The van der Waals surface area contributed by atoms with Gasteiger partial charge < -0.3 is 5.32 Å². The van der Waals surface area contributed by atoms with Gasteiger partial charge in [0.1, 0.15) is 0 Å². The lowest BCUT2D eigenvalue weighted by Crippen LogP contribution is -2.27. The first-order valence-corrected chi connectivity index (χ1v) is 8.75. The lowest BCUT2D eigenvalue weighted by atomic mass is 10.2. The summed E-state index contributed by atoms with van der Waals surface area (Å²) in [4.78, 5) is 0.311. The van der Waals surface area contributed by atoms with Gasteiger partial charge in [0, 0.05) is 31.2 Å². The van der Waals surface area contributed by atoms with Crippen LogP contribution in [-0.4, -0.2) is 32.4 Å². The summed E-state index contributed by atoms with van der Waals surface area (Å²) in [6.45, 7) is 3.09. The Bertz CT molecular complexity index is 571. The van der Waals surface area contributed by atoms with Crippen LogP contribution in [0, 0.1) is 0 Å². The Morgan fingerprint density at radius 1 is 1.40 bits per heavy atom. The van der Waals surface area contributed by atoms with Crippen LogP contribution in [0.2, 0.25) is 5.02 Å². The largest absolute Gasteiger partial charge is 0.310 e. The van der Waals surface area contributed by atoms with Gasteiger partial charge in [0.05, 0.1) is 4.90 Å². The molecular formula is C14H21ClN2O2S. The Hall–Kier alpha value is -0.620. The molecule has 1 N–H and O–H groups in total. The summed E-state index contributed by atoms with van der Waals surface area (Å²) in [5.41, 5.74) is 0.838. The molecule has 1 aliphatic rings. The predicted octanol–water partition coefficient (Wildman–Crippen LogP) is 2.62. The molecule has 0 unspecified atom stereocenters. The molecule has 0 bridgehead atoms. The van der Waals surface area contributed by atoms with Gasteiger partial charge in [0.2, 0.25) is 10.0 Å². The molecule has 20 heavy (non-hydrogen) atoms. The maximum atomic E-state index is 12.4. The summed E-state index contributed by atoms with van der Waals surface area (Å²) < 4.78 is 26.2. The van der Waals surface area contributed by atoms with Crippen molar-refractivity contribution in [3.05, 3.63) is 28.8 Å². The summed E-state index contributed by atoms with van der Waals surface area (Å²) in [7, 11) is -1.81. The normalized spacial score (nSPS) is 15.8. The van der Waals surface area contributed by atoms with Crippen LogP contribution in [0.4, 0.5) is 0 Å². The molecule has 0 radical (unpaired) electrons. The molecule has 4 nitrogen and oxygen atoms in total. The van der Waals surface area contributed by atoms with Gasteiger partial charge in [-0.3, -0.25) is 0 Å². The molecule has 0 heterocycles. The van der Waals surface area contributed by atoms with Crippen molar-refractivity contribution in [2.75, 3.05) is 13.6 Å². The third kappa shape index (κ3) is 3.73. The standard InChI is InChI=1S/C14H21ClN2O2S/c1-3-8-17(2)20(18,19)13-6-7-14(15)11(9-13)10-16-12-4-5-12/h6-7,9,12,16H,3-5,8,10H2,1-2H3. The Morgan fingerprint density at radius 3 is 2.70 bits per heavy atom. The molecule has 0 aliphatic heterocycles. The highest BCUT2D eigenvalue weighted by atomic mass is 35.5. The van der Waals surface area contributed by atoms with E-state index in [0.29, 0.717) is 29.0 Å². The first kappa shape index (κ1) is 15.8. The van der Waals surface area contributed by atoms with Crippen LogP contribution >= 0.6 is 11.6 Å². The first-order chi connectivity index (χ1) is 9.45. The zero-order chi connectivity index (χ0) is 14.8. The van der Waals surface area contributed by atoms with Gasteiger partial charge in [0.15, 0.2) is 0 Å². The minimum atomic E-state index is -3.42. The number of hydrogen-bond donors (Lipinski definition) is 1. The lowest BCUT2D eigenvalue weighted by molar-refractivity contribution is 0.468. The second-order valence-corrected chi connectivity index (χ2v) is 7.69. The van der Waals surface area contributed by atoms with Crippen molar-refractivity contribution in [2.45, 2.75) is 43.7 Å². The molecule has 0 spiro atoms. The van der Waals surface area contributed by atoms with Crippen LogP contribution in [0.15, 0.2) is 23.1 Å². The summed E-state index contributed by atoms with van der Waals surface area (Å²) in [6, 6.07) is 5.48. The number of nitrogens with one attached hydrogen (secondary N) is 1. The van der Waals surface area contributed by atoms with Gasteiger partial charge in [-0.05, 0) is 43.0 Å². The molecule has 1 aromatic rings. The molecule has 1 aromatic carbocycles. The number of halogens is 1. The molecule has 6 heteroatoms. The molecule has 112 valence electrons. The van der Waals surface area contributed by atoms with E-state index < -0.39 is 10.0 Å².